The fraction of sp³-hybridized carbons (Fsp3) is 0.632. The zero-order chi connectivity index (χ0) is 16.8. The second kappa shape index (κ2) is 8.72. The molecule has 5 heteroatoms. The molecule has 0 aromatic heterocycles. The molecule has 1 saturated carbocycles. The Balaban J connectivity index is 1.51. The molecule has 1 aromatic carbocycles. The van der Waals surface area contributed by atoms with E-state index in [4.69, 9.17) is 0 Å². The van der Waals surface area contributed by atoms with Crippen molar-refractivity contribution in [3.8, 4) is 0 Å². The summed E-state index contributed by atoms with van der Waals surface area (Å²) in [4.78, 5) is 15.0. The van der Waals surface area contributed by atoms with Gasteiger partial charge in [0, 0.05) is 47.6 Å². The predicted octanol–water partition coefficient (Wildman–Crippen LogP) is 3.86. The van der Waals surface area contributed by atoms with Gasteiger partial charge in [0.15, 0.2) is 0 Å². The molecular weight excluding hydrogens is 384 g/mol. The monoisotopic (exact) mass is 410 g/mol. The average Bonchev–Trinajstić information content (AvgIpc) is 3.10. The topological polar surface area (TPSA) is 32.3 Å². The lowest BCUT2D eigenvalue weighted by molar-refractivity contribution is -0.121. The standard InChI is InChI=1S/C19H27BrN2OS/c20-17-6-2-1-5-16(17)7-8-18(23)21-15-19(9-3-4-10-19)22-11-13-24-14-12-22/h1-2,5-6H,3-4,7-15H2,(H,21,23). The highest BCUT2D eigenvalue weighted by atomic mass is 79.9. The second-order valence-corrected chi connectivity index (χ2v) is 8.98. The first kappa shape index (κ1) is 18.3. The Labute approximate surface area is 158 Å². The van der Waals surface area contributed by atoms with E-state index in [1.165, 1.54) is 55.8 Å². The number of halogens is 1. The highest BCUT2D eigenvalue weighted by Gasteiger charge is 2.40. The molecule has 0 spiro atoms. The van der Waals surface area contributed by atoms with Crippen LogP contribution < -0.4 is 5.32 Å². The zero-order valence-corrected chi connectivity index (χ0v) is 16.6. The second-order valence-electron chi connectivity index (χ2n) is 6.90. The van der Waals surface area contributed by atoms with Gasteiger partial charge in [-0.25, -0.2) is 0 Å². The maximum Gasteiger partial charge on any atom is 0.220 e. The normalized spacial score (nSPS) is 20.9. The van der Waals surface area contributed by atoms with E-state index < -0.39 is 0 Å². The Morgan fingerprint density at radius 2 is 1.92 bits per heavy atom. The van der Waals surface area contributed by atoms with Crippen LogP contribution in [0.15, 0.2) is 28.7 Å². The molecule has 0 unspecified atom stereocenters. The summed E-state index contributed by atoms with van der Waals surface area (Å²) in [6, 6.07) is 8.16. The van der Waals surface area contributed by atoms with Crippen molar-refractivity contribution in [2.75, 3.05) is 31.1 Å². The molecule has 132 valence electrons. The van der Waals surface area contributed by atoms with Crippen molar-refractivity contribution in [3.05, 3.63) is 34.3 Å². The Kier molecular flexibility index (Phi) is 6.64. The number of hydrogen-bond donors (Lipinski definition) is 1. The van der Waals surface area contributed by atoms with Gasteiger partial charge in [0.2, 0.25) is 5.91 Å². The molecule has 1 aromatic rings. The largest absolute Gasteiger partial charge is 0.354 e. The van der Waals surface area contributed by atoms with Gasteiger partial charge >= 0.3 is 0 Å². The van der Waals surface area contributed by atoms with Gasteiger partial charge in [-0.05, 0) is 30.9 Å². The summed E-state index contributed by atoms with van der Waals surface area (Å²) in [5.74, 6) is 2.65. The molecular formula is C19H27BrN2OS. The summed E-state index contributed by atoms with van der Waals surface area (Å²) in [5.41, 5.74) is 1.43. The molecule has 1 saturated heterocycles. The summed E-state index contributed by atoms with van der Waals surface area (Å²) < 4.78 is 1.09. The number of nitrogens with zero attached hydrogens (tertiary/aromatic N) is 1. The van der Waals surface area contributed by atoms with Crippen LogP contribution in [0.25, 0.3) is 0 Å². The maximum absolute atomic E-state index is 12.4. The van der Waals surface area contributed by atoms with Gasteiger partial charge in [0.1, 0.15) is 0 Å². The lowest BCUT2D eigenvalue weighted by atomic mass is 9.94. The average molecular weight is 411 g/mol. The van der Waals surface area contributed by atoms with Gasteiger partial charge < -0.3 is 5.32 Å². The molecule has 2 aliphatic rings. The first-order chi connectivity index (χ1) is 11.7. The lowest BCUT2D eigenvalue weighted by Gasteiger charge is -2.43. The minimum Gasteiger partial charge on any atom is -0.354 e. The number of nitrogens with one attached hydrogen (secondary N) is 1. The first-order valence-corrected chi connectivity index (χ1v) is 11.0. The number of benzene rings is 1. The summed E-state index contributed by atoms with van der Waals surface area (Å²) in [6.07, 6.45) is 6.44. The Morgan fingerprint density at radius 1 is 1.21 bits per heavy atom. The number of hydrogen-bond acceptors (Lipinski definition) is 3. The fourth-order valence-corrected chi connectivity index (χ4v) is 5.36. The third-order valence-corrected chi connectivity index (χ3v) is 7.13. The molecule has 0 radical (unpaired) electrons. The summed E-state index contributed by atoms with van der Waals surface area (Å²) >= 11 is 5.61. The molecule has 1 heterocycles. The molecule has 1 aliphatic carbocycles. The molecule has 3 rings (SSSR count). The zero-order valence-electron chi connectivity index (χ0n) is 14.2. The van der Waals surface area contributed by atoms with E-state index in [-0.39, 0.29) is 11.4 Å². The molecule has 1 N–H and O–H groups in total. The summed E-state index contributed by atoms with van der Waals surface area (Å²) in [5, 5.41) is 3.25. The molecule has 1 amide bonds. The van der Waals surface area contributed by atoms with Crippen molar-refractivity contribution >= 4 is 33.6 Å². The van der Waals surface area contributed by atoms with E-state index in [1.54, 1.807) is 0 Å². The number of carbonyl (C=O) groups is 1. The van der Waals surface area contributed by atoms with Gasteiger partial charge in [0.25, 0.3) is 0 Å². The van der Waals surface area contributed by atoms with Crippen LogP contribution in [0.2, 0.25) is 0 Å². The van der Waals surface area contributed by atoms with E-state index in [2.05, 4.69) is 44.0 Å². The van der Waals surface area contributed by atoms with Crippen molar-refractivity contribution in [1.29, 1.82) is 0 Å². The quantitative estimate of drug-likeness (QED) is 0.772. The van der Waals surface area contributed by atoms with Crippen LogP contribution in [0.1, 0.15) is 37.7 Å². The fourth-order valence-electron chi connectivity index (χ4n) is 3.98. The van der Waals surface area contributed by atoms with E-state index in [0.29, 0.717) is 6.42 Å². The van der Waals surface area contributed by atoms with E-state index in [0.717, 1.165) is 17.4 Å². The summed E-state index contributed by atoms with van der Waals surface area (Å²) in [6.45, 7) is 3.18. The molecule has 2 fully saturated rings. The van der Waals surface area contributed by atoms with Crippen molar-refractivity contribution < 1.29 is 4.79 Å². The number of thioether (sulfide) groups is 1. The Bertz CT molecular complexity index is 554. The van der Waals surface area contributed by atoms with Gasteiger partial charge in [-0.2, -0.15) is 11.8 Å². The smallest absolute Gasteiger partial charge is 0.220 e. The van der Waals surface area contributed by atoms with Gasteiger partial charge in [0.05, 0.1) is 0 Å². The third-order valence-electron chi connectivity index (χ3n) is 5.41. The lowest BCUT2D eigenvalue weighted by Crippen LogP contribution is -2.56. The highest BCUT2D eigenvalue weighted by Crippen LogP contribution is 2.36. The van der Waals surface area contributed by atoms with Crippen molar-refractivity contribution in [2.24, 2.45) is 0 Å². The van der Waals surface area contributed by atoms with Gasteiger partial charge in [-0.15, -0.1) is 0 Å². The Morgan fingerprint density at radius 3 is 2.62 bits per heavy atom. The number of carbonyl (C=O) groups excluding carboxylic acids is 1. The number of rotatable bonds is 6. The first-order valence-electron chi connectivity index (χ1n) is 9.03. The van der Waals surface area contributed by atoms with Crippen LogP contribution in [0.4, 0.5) is 0 Å². The van der Waals surface area contributed by atoms with Crippen molar-refractivity contribution in [3.63, 3.8) is 0 Å². The number of aryl methyl sites for hydroxylation is 1. The third kappa shape index (κ3) is 4.55. The van der Waals surface area contributed by atoms with Gasteiger partial charge in [-0.3, -0.25) is 9.69 Å². The van der Waals surface area contributed by atoms with Crippen LogP contribution in [0.5, 0.6) is 0 Å². The van der Waals surface area contributed by atoms with Crippen LogP contribution in [-0.4, -0.2) is 47.5 Å². The Hall–Kier alpha value is -0.520. The SMILES string of the molecule is O=C(CCc1ccccc1Br)NCC1(N2CCSCC2)CCCC1. The van der Waals surface area contributed by atoms with Crippen LogP contribution in [0, 0.1) is 0 Å². The molecule has 0 bridgehead atoms. The minimum atomic E-state index is 0.184. The summed E-state index contributed by atoms with van der Waals surface area (Å²) in [7, 11) is 0. The predicted molar refractivity (Wildman–Crippen MR) is 106 cm³/mol. The maximum atomic E-state index is 12.4. The number of amides is 1. The van der Waals surface area contributed by atoms with Crippen molar-refractivity contribution in [2.45, 2.75) is 44.1 Å². The van der Waals surface area contributed by atoms with Crippen LogP contribution in [-0.2, 0) is 11.2 Å². The molecule has 24 heavy (non-hydrogen) atoms. The minimum absolute atomic E-state index is 0.184. The highest BCUT2D eigenvalue weighted by molar-refractivity contribution is 9.10. The van der Waals surface area contributed by atoms with E-state index >= 15 is 0 Å². The van der Waals surface area contributed by atoms with E-state index in [9.17, 15) is 4.79 Å². The molecule has 1 aliphatic heterocycles. The van der Waals surface area contributed by atoms with E-state index in [1.807, 2.05) is 18.2 Å². The molecule has 0 atom stereocenters. The molecule has 3 nitrogen and oxygen atoms in total. The van der Waals surface area contributed by atoms with Gasteiger partial charge in [-0.1, -0.05) is 47.0 Å². The van der Waals surface area contributed by atoms with Crippen molar-refractivity contribution in [1.82, 2.24) is 10.2 Å². The van der Waals surface area contributed by atoms with Crippen LogP contribution in [0.3, 0.4) is 0 Å². The van der Waals surface area contributed by atoms with Crippen LogP contribution >= 0.6 is 27.7 Å².